The largest absolute Gasteiger partial charge is 0.491 e. The van der Waals surface area contributed by atoms with Crippen molar-refractivity contribution in [1.82, 2.24) is 24.8 Å². The molecule has 2 aromatic carbocycles. The number of pyridine rings is 1. The van der Waals surface area contributed by atoms with E-state index in [2.05, 4.69) is 55.1 Å². The fraction of sp³-hybridized carbons (Fsp3) is 0.333. The van der Waals surface area contributed by atoms with Gasteiger partial charge >= 0.3 is 0 Å². The average molecular weight is 458 g/mol. The van der Waals surface area contributed by atoms with Gasteiger partial charge < -0.3 is 14.8 Å². The minimum atomic E-state index is -0.126. The van der Waals surface area contributed by atoms with Gasteiger partial charge in [0.1, 0.15) is 18.1 Å². The number of aliphatic hydroxyl groups excluding tert-OH is 1. The molecule has 1 fully saturated rings. The molecule has 2 aromatic heterocycles. The Balaban J connectivity index is 1.14. The molecule has 7 nitrogen and oxygen atoms in total. The van der Waals surface area contributed by atoms with Gasteiger partial charge in [0.2, 0.25) is 0 Å². The molecule has 1 saturated heterocycles. The van der Waals surface area contributed by atoms with Crippen LogP contribution >= 0.6 is 0 Å². The number of piperazine rings is 1. The summed E-state index contributed by atoms with van der Waals surface area (Å²) in [5.74, 6) is 1.33. The van der Waals surface area contributed by atoms with Crippen molar-refractivity contribution in [2.45, 2.75) is 20.1 Å². The molecule has 1 aliphatic rings. The lowest BCUT2D eigenvalue weighted by molar-refractivity contribution is 0.112. The number of aromatic amines is 1. The normalized spacial score (nSPS) is 15.1. The van der Waals surface area contributed by atoms with Gasteiger partial charge in [-0.25, -0.2) is 9.97 Å². The molecule has 0 amide bonds. The van der Waals surface area contributed by atoms with Crippen molar-refractivity contribution in [2.24, 2.45) is 0 Å². The van der Waals surface area contributed by atoms with Crippen molar-refractivity contribution in [3.8, 4) is 17.3 Å². The van der Waals surface area contributed by atoms with Gasteiger partial charge in [-0.05, 0) is 36.2 Å². The zero-order chi connectivity index (χ0) is 23.3. The summed E-state index contributed by atoms with van der Waals surface area (Å²) >= 11 is 0. The van der Waals surface area contributed by atoms with Crippen LogP contribution in [0.5, 0.6) is 5.75 Å². The van der Waals surface area contributed by atoms with Crippen LogP contribution in [0.1, 0.15) is 16.7 Å². The molecular weight excluding hydrogens is 426 g/mol. The molecule has 4 aromatic rings. The highest BCUT2D eigenvalue weighted by Gasteiger charge is 2.17. The molecule has 0 aliphatic carbocycles. The van der Waals surface area contributed by atoms with E-state index in [1.165, 1.54) is 5.56 Å². The highest BCUT2D eigenvalue weighted by molar-refractivity contribution is 5.79. The quantitative estimate of drug-likeness (QED) is 0.421. The first-order valence-electron chi connectivity index (χ1n) is 11.9. The molecule has 34 heavy (non-hydrogen) atoms. The van der Waals surface area contributed by atoms with Gasteiger partial charge in [-0.2, -0.15) is 0 Å². The number of H-pyrrole nitrogens is 1. The van der Waals surface area contributed by atoms with Crippen LogP contribution in [0.25, 0.3) is 22.6 Å². The molecule has 0 spiro atoms. The third kappa shape index (κ3) is 5.28. The number of nitrogens with one attached hydrogen (secondary N) is 1. The van der Waals surface area contributed by atoms with E-state index in [0.717, 1.165) is 55.9 Å². The van der Waals surface area contributed by atoms with Crippen LogP contribution in [-0.2, 0) is 13.2 Å². The van der Waals surface area contributed by atoms with Crippen LogP contribution in [-0.4, -0.2) is 69.2 Å². The third-order valence-corrected chi connectivity index (χ3v) is 6.36. The van der Waals surface area contributed by atoms with Crippen LogP contribution in [0.15, 0.2) is 60.8 Å². The summed E-state index contributed by atoms with van der Waals surface area (Å²) in [6.07, 6.45) is 1.71. The van der Waals surface area contributed by atoms with Gasteiger partial charge in [0.15, 0.2) is 5.82 Å². The number of aryl methyl sites for hydroxylation is 1. The van der Waals surface area contributed by atoms with Crippen LogP contribution < -0.4 is 4.74 Å². The summed E-state index contributed by atoms with van der Waals surface area (Å²) in [6, 6.07) is 18.6. The molecule has 0 saturated carbocycles. The molecule has 0 unspecified atom stereocenters. The molecule has 0 bridgehead atoms. The number of hydrogen-bond donors (Lipinski definition) is 2. The van der Waals surface area contributed by atoms with Crippen LogP contribution in [0, 0.1) is 6.92 Å². The van der Waals surface area contributed by atoms with Gasteiger partial charge in [0.05, 0.1) is 23.8 Å². The lowest BCUT2D eigenvalue weighted by Gasteiger charge is -2.34. The summed E-state index contributed by atoms with van der Waals surface area (Å²) < 4.78 is 5.98. The lowest BCUT2D eigenvalue weighted by atomic mass is 10.2. The Hall–Kier alpha value is -3.26. The second-order valence-corrected chi connectivity index (χ2v) is 8.89. The van der Waals surface area contributed by atoms with Crippen molar-refractivity contribution in [3.63, 3.8) is 0 Å². The van der Waals surface area contributed by atoms with E-state index in [1.807, 2.05) is 31.2 Å². The molecule has 0 radical (unpaired) electrons. The van der Waals surface area contributed by atoms with E-state index in [4.69, 9.17) is 4.74 Å². The maximum absolute atomic E-state index is 9.93. The van der Waals surface area contributed by atoms with Crippen molar-refractivity contribution in [1.29, 1.82) is 0 Å². The first-order chi connectivity index (χ1) is 16.7. The number of rotatable bonds is 8. The number of imidazole rings is 1. The molecule has 7 heteroatoms. The minimum absolute atomic E-state index is 0.126. The number of ether oxygens (including phenoxy) is 1. The van der Waals surface area contributed by atoms with Crippen LogP contribution in [0.2, 0.25) is 0 Å². The van der Waals surface area contributed by atoms with E-state index >= 15 is 0 Å². The van der Waals surface area contributed by atoms with Crippen LogP contribution in [0.4, 0.5) is 0 Å². The maximum atomic E-state index is 9.93. The van der Waals surface area contributed by atoms with Crippen molar-refractivity contribution in [2.75, 3.05) is 39.3 Å². The van der Waals surface area contributed by atoms with E-state index in [-0.39, 0.29) is 6.61 Å². The summed E-state index contributed by atoms with van der Waals surface area (Å²) in [4.78, 5) is 17.5. The minimum Gasteiger partial charge on any atom is -0.491 e. The molecular formula is C27H31N5O2. The summed E-state index contributed by atoms with van der Waals surface area (Å²) in [7, 11) is 0. The van der Waals surface area contributed by atoms with E-state index in [9.17, 15) is 5.11 Å². The van der Waals surface area contributed by atoms with Gasteiger partial charge in [0, 0.05) is 44.8 Å². The third-order valence-electron chi connectivity index (χ3n) is 6.36. The predicted octanol–water partition coefficient (Wildman–Crippen LogP) is 3.62. The molecule has 5 rings (SSSR count). The van der Waals surface area contributed by atoms with E-state index < -0.39 is 0 Å². The van der Waals surface area contributed by atoms with Gasteiger partial charge in [-0.3, -0.25) is 9.80 Å². The molecule has 0 atom stereocenters. The average Bonchev–Trinajstić information content (AvgIpc) is 3.28. The highest BCUT2D eigenvalue weighted by Crippen LogP contribution is 2.25. The summed E-state index contributed by atoms with van der Waals surface area (Å²) in [5, 5.41) is 9.93. The Morgan fingerprint density at radius 3 is 2.59 bits per heavy atom. The van der Waals surface area contributed by atoms with Gasteiger partial charge in [-0.1, -0.05) is 36.4 Å². The number of nitrogens with zero attached hydrogens (tertiary/aromatic N) is 4. The van der Waals surface area contributed by atoms with Crippen molar-refractivity contribution in [3.05, 3.63) is 77.5 Å². The number of aromatic nitrogens is 3. The summed E-state index contributed by atoms with van der Waals surface area (Å²) in [6.45, 7) is 8.61. The smallest absolute Gasteiger partial charge is 0.157 e. The monoisotopic (exact) mass is 457 g/mol. The summed E-state index contributed by atoms with van der Waals surface area (Å²) in [5.41, 5.74) is 5.72. The van der Waals surface area contributed by atoms with E-state index in [1.54, 1.807) is 6.20 Å². The Morgan fingerprint density at radius 2 is 1.79 bits per heavy atom. The molecule has 2 N–H and O–H groups in total. The Morgan fingerprint density at radius 1 is 1.00 bits per heavy atom. The number of fused-ring (bicyclic) bond motifs is 1. The number of aliphatic hydroxyl groups is 1. The maximum Gasteiger partial charge on any atom is 0.157 e. The van der Waals surface area contributed by atoms with Crippen molar-refractivity contribution >= 4 is 11.0 Å². The predicted molar refractivity (Wildman–Crippen MR) is 134 cm³/mol. The first-order valence-corrected chi connectivity index (χ1v) is 11.9. The number of hydrogen-bond acceptors (Lipinski definition) is 6. The van der Waals surface area contributed by atoms with Crippen LogP contribution in [0.3, 0.4) is 0 Å². The second-order valence-electron chi connectivity index (χ2n) is 8.89. The Bertz CT molecular complexity index is 1230. The molecule has 176 valence electrons. The highest BCUT2D eigenvalue weighted by atomic mass is 16.5. The Kier molecular flexibility index (Phi) is 6.85. The second kappa shape index (κ2) is 10.3. The molecule has 3 heterocycles. The Labute approximate surface area is 200 Å². The molecule has 1 aliphatic heterocycles. The fourth-order valence-corrected chi connectivity index (χ4v) is 4.43. The fourth-order valence-electron chi connectivity index (χ4n) is 4.43. The standard InChI is InChI=1S/C27H31N5O2/c1-20-7-8-24-25(15-20)30-27(29-24)26-22(19-33)16-23(17-28-26)34-14-13-31-9-11-32(12-10-31)18-21-5-3-2-4-6-21/h2-8,15-17,33H,9-14,18-19H2,1H3,(H,29,30). The zero-order valence-electron chi connectivity index (χ0n) is 19.6. The number of benzene rings is 2. The van der Waals surface area contributed by atoms with E-state index in [0.29, 0.717) is 29.4 Å². The topological polar surface area (TPSA) is 77.5 Å². The first kappa shape index (κ1) is 22.5. The van der Waals surface area contributed by atoms with Gasteiger partial charge in [-0.15, -0.1) is 0 Å². The van der Waals surface area contributed by atoms with Crippen molar-refractivity contribution < 1.29 is 9.84 Å². The SMILES string of the molecule is Cc1ccc2[nH]c(-c3ncc(OCCN4CCN(Cc5ccccc5)CC4)cc3CO)nc2c1. The lowest BCUT2D eigenvalue weighted by Crippen LogP contribution is -2.47. The van der Waals surface area contributed by atoms with Gasteiger partial charge in [0.25, 0.3) is 0 Å². The zero-order valence-corrected chi connectivity index (χ0v) is 19.6.